The van der Waals surface area contributed by atoms with Crippen LogP contribution in [0.4, 0.5) is 5.69 Å². The lowest BCUT2D eigenvalue weighted by Gasteiger charge is -2.10. The van der Waals surface area contributed by atoms with Gasteiger partial charge in [-0.3, -0.25) is 4.79 Å². The Morgan fingerprint density at radius 3 is 2.32 bits per heavy atom. The number of para-hydroxylation sites is 1. The molecule has 19 heavy (non-hydrogen) atoms. The minimum Gasteiger partial charge on any atom is -0.362 e. The Labute approximate surface area is 114 Å². The number of rotatable bonds is 3. The van der Waals surface area contributed by atoms with Crippen molar-refractivity contribution in [2.75, 3.05) is 5.32 Å². The lowest BCUT2D eigenvalue weighted by molar-refractivity contribution is 0.102. The fourth-order valence-corrected chi connectivity index (χ4v) is 2.53. The van der Waals surface area contributed by atoms with E-state index in [9.17, 15) is 4.79 Å². The number of anilines is 1. The maximum Gasteiger partial charge on any atom is 0.257 e. The van der Waals surface area contributed by atoms with Gasteiger partial charge >= 0.3 is 0 Å². The molecule has 3 nitrogen and oxygen atoms in total. The highest BCUT2D eigenvalue weighted by atomic mass is 16.1. The van der Waals surface area contributed by atoms with Crippen molar-refractivity contribution in [3.05, 3.63) is 52.8 Å². The first-order chi connectivity index (χ1) is 9.00. The molecule has 1 aromatic carbocycles. The summed E-state index contributed by atoms with van der Waals surface area (Å²) in [6.07, 6.45) is 0. The molecule has 2 rings (SSSR count). The molecule has 0 saturated heterocycles. The number of hydrogen-bond donors (Lipinski definition) is 2. The number of aromatic amines is 1. The highest BCUT2D eigenvalue weighted by Crippen LogP contribution is 2.27. The number of aromatic nitrogens is 1. The zero-order valence-corrected chi connectivity index (χ0v) is 11.9. The average molecular weight is 256 g/mol. The van der Waals surface area contributed by atoms with Crippen LogP contribution < -0.4 is 5.32 Å². The van der Waals surface area contributed by atoms with E-state index < -0.39 is 0 Å². The Morgan fingerprint density at radius 1 is 1.11 bits per heavy atom. The van der Waals surface area contributed by atoms with Gasteiger partial charge in [-0.05, 0) is 37.5 Å². The van der Waals surface area contributed by atoms with Crippen LogP contribution in [0.1, 0.15) is 47.1 Å². The van der Waals surface area contributed by atoms with Crippen molar-refractivity contribution in [2.24, 2.45) is 0 Å². The molecule has 0 saturated carbocycles. The summed E-state index contributed by atoms with van der Waals surface area (Å²) in [5.41, 5.74) is 4.70. The van der Waals surface area contributed by atoms with E-state index in [-0.39, 0.29) is 5.91 Å². The standard InChI is InChI=1S/C16H20N2O/c1-10(2)14-11(3)17-12(4)15(14)16(19)18-13-8-6-5-7-9-13/h5-10,17H,1-4H3,(H,18,19). The minimum absolute atomic E-state index is 0.0447. The molecule has 1 amide bonds. The predicted octanol–water partition coefficient (Wildman–Crippen LogP) is 4.01. The summed E-state index contributed by atoms with van der Waals surface area (Å²) < 4.78 is 0. The minimum atomic E-state index is -0.0447. The number of hydrogen-bond acceptors (Lipinski definition) is 1. The number of H-pyrrole nitrogens is 1. The summed E-state index contributed by atoms with van der Waals surface area (Å²) in [5.74, 6) is 0.276. The van der Waals surface area contributed by atoms with Crippen LogP contribution >= 0.6 is 0 Å². The van der Waals surface area contributed by atoms with Crippen LogP contribution in [0.5, 0.6) is 0 Å². The van der Waals surface area contributed by atoms with Crippen molar-refractivity contribution < 1.29 is 4.79 Å². The van der Waals surface area contributed by atoms with E-state index in [1.807, 2.05) is 44.2 Å². The van der Waals surface area contributed by atoms with Crippen LogP contribution in [0.15, 0.2) is 30.3 Å². The second-order valence-corrected chi connectivity index (χ2v) is 5.14. The van der Waals surface area contributed by atoms with Crippen molar-refractivity contribution in [3.8, 4) is 0 Å². The summed E-state index contributed by atoms with van der Waals surface area (Å²) in [4.78, 5) is 15.7. The topological polar surface area (TPSA) is 44.9 Å². The van der Waals surface area contributed by atoms with E-state index in [1.165, 1.54) is 0 Å². The van der Waals surface area contributed by atoms with Gasteiger partial charge in [-0.1, -0.05) is 32.0 Å². The van der Waals surface area contributed by atoms with Gasteiger partial charge in [0.05, 0.1) is 5.56 Å². The molecule has 1 aromatic heterocycles. The molecule has 0 fully saturated rings. The first-order valence-electron chi connectivity index (χ1n) is 6.56. The lowest BCUT2D eigenvalue weighted by Crippen LogP contribution is -2.14. The van der Waals surface area contributed by atoms with Crippen LogP contribution in [0.2, 0.25) is 0 Å². The summed E-state index contributed by atoms with van der Waals surface area (Å²) in [5, 5.41) is 2.95. The SMILES string of the molecule is Cc1[nH]c(C)c(C(C)C)c1C(=O)Nc1ccccc1. The third kappa shape index (κ3) is 2.70. The van der Waals surface area contributed by atoms with Crippen molar-refractivity contribution in [3.63, 3.8) is 0 Å². The quantitative estimate of drug-likeness (QED) is 0.856. The Balaban J connectivity index is 2.34. The number of nitrogens with one attached hydrogen (secondary N) is 2. The van der Waals surface area contributed by atoms with Crippen LogP contribution in [-0.4, -0.2) is 10.9 Å². The van der Waals surface area contributed by atoms with Gasteiger partial charge in [0.25, 0.3) is 5.91 Å². The molecule has 0 radical (unpaired) electrons. The van der Waals surface area contributed by atoms with Gasteiger partial charge in [0, 0.05) is 17.1 Å². The van der Waals surface area contributed by atoms with Crippen molar-refractivity contribution in [1.29, 1.82) is 0 Å². The molecule has 100 valence electrons. The molecule has 0 aliphatic carbocycles. The second-order valence-electron chi connectivity index (χ2n) is 5.14. The maximum atomic E-state index is 12.4. The molecule has 0 aliphatic heterocycles. The first-order valence-corrected chi connectivity index (χ1v) is 6.56. The number of aryl methyl sites for hydroxylation is 2. The molecular formula is C16H20N2O. The zero-order chi connectivity index (χ0) is 14.0. The van der Waals surface area contributed by atoms with E-state index in [2.05, 4.69) is 24.1 Å². The van der Waals surface area contributed by atoms with Gasteiger partial charge in [0.15, 0.2) is 0 Å². The van der Waals surface area contributed by atoms with Gasteiger partial charge in [0.2, 0.25) is 0 Å². The van der Waals surface area contributed by atoms with Gasteiger partial charge < -0.3 is 10.3 Å². The number of carbonyl (C=O) groups is 1. The third-order valence-corrected chi connectivity index (χ3v) is 3.26. The van der Waals surface area contributed by atoms with Gasteiger partial charge in [-0.2, -0.15) is 0 Å². The second kappa shape index (κ2) is 5.31. The maximum absolute atomic E-state index is 12.4. The van der Waals surface area contributed by atoms with E-state index in [1.54, 1.807) is 0 Å². The summed E-state index contributed by atoms with van der Waals surface area (Å²) in [6.45, 7) is 8.17. The fourth-order valence-electron chi connectivity index (χ4n) is 2.53. The van der Waals surface area contributed by atoms with Crippen LogP contribution in [0.3, 0.4) is 0 Å². The number of benzene rings is 1. The Morgan fingerprint density at radius 2 is 1.74 bits per heavy atom. The van der Waals surface area contributed by atoms with Crippen LogP contribution in [0, 0.1) is 13.8 Å². The molecule has 1 heterocycles. The van der Waals surface area contributed by atoms with E-state index in [4.69, 9.17) is 0 Å². The summed E-state index contributed by atoms with van der Waals surface area (Å²) >= 11 is 0. The molecule has 0 aliphatic rings. The molecular weight excluding hydrogens is 236 g/mol. The summed E-state index contributed by atoms with van der Waals surface area (Å²) in [7, 11) is 0. The zero-order valence-electron chi connectivity index (χ0n) is 11.9. The molecule has 3 heteroatoms. The monoisotopic (exact) mass is 256 g/mol. The lowest BCUT2D eigenvalue weighted by atomic mass is 9.97. The van der Waals surface area contributed by atoms with Gasteiger partial charge in [0.1, 0.15) is 0 Å². The highest BCUT2D eigenvalue weighted by molar-refractivity contribution is 6.06. The van der Waals surface area contributed by atoms with Crippen molar-refractivity contribution in [2.45, 2.75) is 33.6 Å². The van der Waals surface area contributed by atoms with Crippen LogP contribution in [0.25, 0.3) is 0 Å². The largest absolute Gasteiger partial charge is 0.362 e. The third-order valence-electron chi connectivity index (χ3n) is 3.26. The molecule has 0 atom stereocenters. The Kier molecular flexibility index (Phi) is 3.74. The summed E-state index contributed by atoms with van der Waals surface area (Å²) in [6, 6.07) is 9.53. The molecule has 0 bridgehead atoms. The van der Waals surface area contributed by atoms with E-state index >= 15 is 0 Å². The average Bonchev–Trinajstić information content (AvgIpc) is 2.65. The first kappa shape index (κ1) is 13.4. The molecule has 0 spiro atoms. The van der Waals surface area contributed by atoms with Crippen LogP contribution in [-0.2, 0) is 0 Å². The number of amides is 1. The van der Waals surface area contributed by atoms with Crippen molar-refractivity contribution >= 4 is 11.6 Å². The molecule has 2 aromatic rings. The van der Waals surface area contributed by atoms with E-state index in [0.29, 0.717) is 5.92 Å². The van der Waals surface area contributed by atoms with Crippen molar-refractivity contribution in [1.82, 2.24) is 4.98 Å². The molecule has 0 unspecified atom stereocenters. The normalized spacial score (nSPS) is 10.8. The number of carbonyl (C=O) groups excluding carboxylic acids is 1. The fraction of sp³-hybridized carbons (Fsp3) is 0.312. The Bertz CT molecular complexity index is 582. The van der Waals surface area contributed by atoms with Gasteiger partial charge in [-0.15, -0.1) is 0 Å². The Hall–Kier alpha value is -2.03. The predicted molar refractivity (Wildman–Crippen MR) is 78.8 cm³/mol. The van der Waals surface area contributed by atoms with E-state index in [0.717, 1.165) is 28.2 Å². The molecule has 2 N–H and O–H groups in total. The smallest absolute Gasteiger partial charge is 0.257 e. The van der Waals surface area contributed by atoms with Gasteiger partial charge in [-0.25, -0.2) is 0 Å². The highest BCUT2D eigenvalue weighted by Gasteiger charge is 2.21.